The molecule has 1 aliphatic rings. The molecule has 1 aromatic heterocycles. The highest BCUT2D eigenvalue weighted by Crippen LogP contribution is 2.47. The Labute approximate surface area is 123 Å². The van der Waals surface area contributed by atoms with E-state index < -0.39 is 5.97 Å². The van der Waals surface area contributed by atoms with Crippen LogP contribution >= 0.6 is 0 Å². The smallest absolute Gasteiger partial charge is 0.335 e. The summed E-state index contributed by atoms with van der Waals surface area (Å²) in [5.74, 6) is -0.0568. The lowest BCUT2D eigenvalue weighted by Crippen LogP contribution is -2.29. The molecule has 0 saturated heterocycles. The number of nitrogens with zero attached hydrogens (tertiary/aromatic N) is 2. The maximum atomic E-state index is 11.1. The molecular weight excluding hydrogens is 268 g/mol. The summed E-state index contributed by atoms with van der Waals surface area (Å²) >= 11 is 0. The van der Waals surface area contributed by atoms with E-state index in [4.69, 9.17) is 5.11 Å². The highest BCUT2D eigenvalue weighted by molar-refractivity contribution is 5.92. The summed E-state index contributed by atoms with van der Waals surface area (Å²) in [7, 11) is 0. The minimum atomic E-state index is -0.952. The van der Waals surface area contributed by atoms with Gasteiger partial charge in [0.05, 0.1) is 28.7 Å². The average Bonchev–Trinajstić information content (AvgIpc) is 3.10. The van der Waals surface area contributed by atoms with Crippen LogP contribution < -0.4 is 0 Å². The topological polar surface area (TPSA) is 75.3 Å². The third kappa shape index (κ3) is 2.12. The average molecular weight is 288 g/mol. The Morgan fingerprint density at radius 2 is 2.05 bits per heavy atom. The minimum absolute atomic E-state index is 0.0855. The van der Waals surface area contributed by atoms with Gasteiger partial charge in [0.1, 0.15) is 5.82 Å². The number of aliphatic hydroxyl groups excluding tert-OH is 1. The second kappa shape index (κ2) is 4.31. The van der Waals surface area contributed by atoms with Crippen molar-refractivity contribution in [2.45, 2.75) is 44.6 Å². The molecule has 0 unspecified atom stereocenters. The lowest BCUT2D eigenvalue weighted by Gasteiger charge is -2.25. The molecule has 1 saturated carbocycles. The zero-order valence-electron chi connectivity index (χ0n) is 12.6. The molecule has 112 valence electrons. The van der Waals surface area contributed by atoms with Crippen molar-refractivity contribution >= 4 is 17.0 Å². The van der Waals surface area contributed by atoms with Crippen molar-refractivity contribution in [1.82, 2.24) is 9.55 Å². The van der Waals surface area contributed by atoms with E-state index >= 15 is 0 Å². The first kappa shape index (κ1) is 14.1. The van der Waals surface area contributed by atoms with Crippen molar-refractivity contribution in [3.05, 3.63) is 29.6 Å². The van der Waals surface area contributed by atoms with E-state index in [1.165, 1.54) is 0 Å². The first-order valence-corrected chi connectivity index (χ1v) is 7.16. The number of rotatable bonds is 3. The van der Waals surface area contributed by atoms with Gasteiger partial charge in [0.2, 0.25) is 0 Å². The molecule has 0 bridgehead atoms. The Morgan fingerprint density at radius 3 is 2.52 bits per heavy atom. The van der Waals surface area contributed by atoms with Gasteiger partial charge in [0.25, 0.3) is 0 Å². The van der Waals surface area contributed by atoms with Gasteiger partial charge in [-0.05, 0) is 31.0 Å². The predicted molar refractivity (Wildman–Crippen MR) is 79.7 cm³/mol. The normalized spacial score (nSPS) is 17.1. The van der Waals surface area contributed by atoms with E-state index in [1.807, 2.05) is 0 Å². The first-order chi connectivity index (χ1) is 9.78. The highest BCUT2D eigenvalue weighted by atomic mass is 16.4. The van der Waals surface area contributed by atoms with E-state index in [1.54, 1.807) is 18.2 Å². The first-order valence-electron chi connectivity index (χ1n) is 7.16. The maximum Gasteiger partial charge on any atom is 0.335 e. The second-order valence-electron chi connectivity index (χ2n) is 6.91. The van der Waals surface area contributed by atoms with Gasteiger partial charge in [0, 0.05) is 5.41 Å². The summed E-state index contributed by atoms with van der Waals surface area (Å²) in [6.07, 6.45) is 1.86. The molecule has 0 spiro atoms. The molecule has 1 heterocycles. The molecule has 2 N–H and O–H groups in total. The maximum absolute atomic E-state index is 11.1. The highest BCUT2D eigenvalue weighted by Gasteiger charge is 2.47. The van der Waals surface area contributed by atoms with Crippen LogP contribution in [0, 0.1) is 0 Å². The largest absolute Gasteiger partial charge is 0.478 e. The number of carbonyl (C=O) groups is 1. The number of carboxylic acid groups (broad SMARTS) is 1. The van der Waals surface area contributed by atoms with Gasteiger partial charge < -0.3 is 14.8 Å². The van der Waals surface area contributed by atoms with Crippen molar-refractivity contribution < 1.29 is 15.0 Å². The molecule has 1 fully saturated rings. The van der Waals surface area contributed by atoms with Gasteiger partial charge in [-0.25, -0.2) is 9.78 Å². The quantitative estimate of drug-likeness (QED) is 0.910. The summed E-state index contributed by atoms with van der Waals surface area (Å²) in [6, 6.07) is 5.01. The van der Waals surface area contributed by atoms with Gasteiger partial charge in [-0.1, -0.05) is 20.8 Å². The molecule has 5 nitrogen and oxygen atoms in total. The molecule has 0 radical (unpaired) electrons. The lowest BCUT2D eigenvalue weighted by atomic mass is 9.95. The Hall–Kier alpha value is -1.88. The molecule has 0 atom stereocenters. The van der Waals surface area contributed by atoms with Gasteiger partial charge in [-0.15, -0.1) is 0 Å². The molecule has 0 aliphatic heterocycles. The van der Waals surface area contributed by atoms with E-state index in [9.17, 15) is 9.90 Å². The second-order valence-corrected chi connectivity index (χ2v) is 6.91. The van der Waals surface area contributed by atoms with Crippen LogP contribution in [-0.4, -0.2) is 32.3 Å². The van der Waals surface area contributed by atoms with E-state index in [-0.39, 0.29) is 23.1 Å². The molecule has 2 aromatic rings. The van der Waals surface area contributed by atoms with E-state index in [2.05, 4.69) is 30.3 Å². The Balaban J connectivity index is 2.30. The van der Waals surface area contributed by atoms with E-state index in [0.717, 1.165) is 24.2 Å². The molecule has 1 aromatic carbocycles. The number of benzene rings is 1. The number of fused-ring (bicyclic) bond motifs is 1. The Bertz CT molecular complexity index is 721. The SMILES string of the molecule is CC(C)(C)c1nc2cc(C(=O)O)ccc2n1C1(CO)CC1. The number of aliphatic hydroxyl groups is 1. The summed E-state index contributed by atoms with van der Waals surface area (Å²) in [6.45, 7) is 6.32. The van der Waals surface area contributed by atoms with Crippen LogP contribution in [0.5, 0.6) is 0 Å². The monoisotopic (exact) mass is 288 g/mol. The summed E-state index contributed by atoms with van der Waals surface area (Å²) in [5.41, 5.74) is 1.38. The fourth-order valence-electron chi connectivity index (χ4n) is 2.79. The van der Waals surface area contributed by atoms with Crippen LogP contribution in [0.25, 0.3) is 11.0 Å². The van der Waals surface area contributed by atoms with Gasteiger partial charge >= 0.3 is 5.97 Å². The van der Waals surface area contributed by atoms with Crippen molar-refractivity contribution in [3.8, 4) is 0 Å². The molecule has 5 heteroatoms. The van der Waals surface area contributed by atoms with E-state index in [0.29, 0.717) is 5.52 Å². The van der Waals surface area contributed by atoms with Crippen LogP contribution in [0.3, 0.4) is 0 Å². The molecule has 21 heavy (non-hydrogen) atoms. The standard InChI is InChI=1S/C16H20N2O3/c1-15(2,3)14-17-11-8-10(13(20)21)4-5-12(11)18(14)16(9-19)6-7-16/h4-5,8,19H,6-7,9H2,1-3H3,(H,20,21). The van der Waals surface area contributed by atoms with Crippen LogP contribution in [0.15, 0.2) is 18.2 Å². The molecule has 1 aliphatic carbocycles. The van der Waals surface area contributed by atoms with Crippen molar-refractivity contribution in [3.63, 3.8) is 0 Å². The van der Waals surface area contributed by atoms with Crippen LogP contribution in [0.4, 0.5) is 0 Å². The van der Waals surface area contributed by atoms with Gasteiger partial charge in [-0.2, -0.15) is 0 Å². The number of hydrogen-bond acceptors (Lipinski definition) is 3. The minimum Gasteiger partial charge on any atom is -0.478 e. The zero-order valence-corrected chi connectivity index (χ0v) is 12.6. The zero-order chi connectivity index (χ0) is 15.4. The number of carboxylic acids is 1. The fraction of sp³-hybridized carbons (Fsp3) is 0.500. The Kier molecular flexibility index (Phi) is 2.89. The number of aromatic nitrogens is 2. The van der Waals surface area contributed by atoms with Crippen LogP contribution in [0.1, 0.15) is 49.8 Å². The van der Waals surface area contributed by atoms with Crippen LogP contribution in [-0.2, 0) is 11.0 Å². The predicted octanol–water partition coefficient (Wildman–Crippen LogP) is 2.51. The summed E-state index contributed by atoms with van der Waals surface area (Å²) in [4.78, 5) is 15.8. The lowest BCUT2D eigenvalue weighted by molar-refractivity contribution is 0.0697. The summed E-state index contributed by atoms with van der Waals surface area (Å²) < 4.78 is 2.12. The van der Waals surface area contributed by atoms with Crippen molar-refractivity contribution in [2.75, 3.05) is 6.61 Å². The van der Waals surface area contributed by atoms with Crippen molar-refractivity contribution in [2.24, 2.45) is 0 Å². The number of aromatic carboxylic acids is 1. The molecular formula is C16H20N2O3. The molecule has 0 amide bonds. The fourth-order valence-corrected chi connectivity index (χ4v) is 2.79. The van der Waals surface area contributed by atoms with Crippen LogP contribution in [0.2, 0.25) is 0 Å². The summed E-state index contributed by atoms with van der Waals surface area (Å²) in [5, 5.41) is 18.9. The van der Waals surface area contributed by atoms with Crippen molar-refractivity contribution in [1.29, 1.82) is 0 Å². The third-order valence-corrected chi connectivity index (χ3v) is 4.17. The number of imidazole rings is 1. The van der Waals surface area contributed by atoms with Gasteiger partial charge in [-0.3, -0.25) is 0 Å². The van der Waals surface area contributed by atoms with Gasteiger partial charge in [0.15, 0.2) is 0 Å². The third-order valence-electron chi connectivity index (χ3n) is 4.17. The number of hydrogen-bond donors (Lipinski definition) is 2. The Morgan fingerprint density at radius 1 is 1.38 bits per heavy atom. The molecule has 3 rings (SSSR count).